The summed E-state index contributed by atoms with van der Waals surface area (Å²) >= 11 is 5.81. The van der Waals surface area contributed by atoms with Gasteiger partial charge >= 0.3 is 5.97 Å². The van der Waals surface area contributed by atoms with Crippen molar-refractivity contribution in [2.75, 3.05) is 0 Å². The van der Waals surface area contributed by atoms with E-state index in [1.54, 1.807) is 18.2 Å². The van der Waals surface area contributed by atoms with Gasteiger partial charge in [-0.25, -0.2) is 4.79 Å². The van der Waals surface area contributed by atoms with Crippen LogP contribution in [0.2, 0.25) is 5.02 Å². The van der Waals surface area contributed by atoms with Gasteiger partial charge in [-0.2, -0.15) is 0 Å². The number of nitrogens with one attached hydrogen (secondary N) is 1. The Kier molecular flexibility index (Phi) is 2.44. The number of H-pyrrole nitrogens is 1. The summed E-state index contributed by atoms with van der Waals surface area (Å²) in [6.07, 6.45) is 0. The van der Waals surface area contributed by atoms with Gasteiger partial charge in [-0.15, -0.1) is 0 Å². The number of benzene rings is 1. The second-order valence-electron chi connectivity index (χ2n) is 3.43. The second kappa shape index (κ2) is 3.64. The minimum atomic E-state index is -1.16. The summed E-state index contributed by atoms with van der Waals surface area (Å²) in [7, 11) is 0. The Hall–Kier alpha value is -1.81. The van der Waals surface area contributed by atoms with E-state index in [4.69, 9.17) is 16.7 Å². The first-order chi connectivity index (χ1) is 7.50. The van der Waals surface area contributed by atoms with Crippen LogP contribution in [0.15, 0.2) is 18.2 Å². The van der Waals surface area contributed by atoms with E-state index in [0.29, 0.717) is 15.9 Å². The predicted octanol–water partition coefficient (Wildman–Crippen LogP) is 2.72. The Balaban J connectivity index is 2.88. The highest BCUT2D eigenvalue weighted by molar-refractivity contribution is 6.31. The van der Waals surface area contributed by atoms with E-state index in [-0.39, 0.29) is 17.0 Å². The summed E-state index contributed by atoms with van der Waals surface area (Å²) in [5.41, 5.74) is 0.668. The largest absolute Gasteiger partial charge is 0.477 e. The zero-order valence-electron chi connectivity index (χ0n) is 8.37. The van der Waals surface area contributed by atoms with Crippen molar-refractivity contribution in [3.8, 4) is 0 Å². The molecule has 0 amide bonds. The molecule has 0 spiro atoms. The molecule has 0 radical (unpaired) electrons. The van der Waals surface area contributed by atoms with Crippen LogP contribution < -0.4 is 0 Å². The maximum absolute atomic E-state index is 11.4. The van der Waals surface area contributed by atoms with Gasteiger partial charge < -0.3 is 10.1 Å². The number of carbonyl (C=O) groups is 2. The quantitative estimate of drug-likeness (QED) is 0.789. The first-order valence-corrected chi connectivity index (χ1v) is 4.94. The zero-order chi connectivity index (χ0) is 11.9. The number of aromatic nitrogens is 1. The molecular weight excluding hydrogens is 230 g/mol. The van der Waals surface area contributed by atoms with Gasteiger partial charge in [0.2, 0.25) is 0 Å². The van der Waals surface area contributed by atoms with Crippen LogP contribution in [0.1, 0.15) is 27.8 Å². The van der Waals surface area contributed by atoms with Crippen LogP contribution in [-0.4, -0.2) is 21.8 Å². The number of aromatic amines is 1. The summed E-state index contributed by atoms with van der Waals surface area (Å²) < 4.78 is 0. The number of aromatic carboxylic acids is 1. The molecule has 16 heavy (non-hydrogen) atoms. The number of hydrogen-bond acceptors (Lipinski definition) is 2. The van der Waals surface area contributed by atoms with Crippen LogP contribution in [0.4, 0.5) is 0 Å². The van der Waals surface area contributed by atoms with Gasteiger partial charge in [-0.05, 0) is 25.1 Å². The van der Waals surface area contributed by atoms with E-state index >= 15 is 0 Å². The van der Waals surface area contributed by atoms with Crippen LogP contribution >= 0.6 is 11.6 Å². The van der Waals surface area contributed by atoms with Gasteiger partial charge in [0.05, 0.1) is 5.56 Å². The fourth-order valence-electron chi connectivity index (χ4n) is 1.69. The highest BCUT2D eigenvalue weighted by Gasteiger charge is 2.20. The van der Waals surface area contributed by atoms with Gasteiger partial charge in [0.15, 0.2) is 5.78 Å². The van der Waals surface area contributed by atoms with Gasteiger partial charge in [0.1, 0.15) is 5.69 Å². The molecule has 1 aromatic carbocycles. The molecule has 0 aliphatic carbocycles. The Labute approximate surface area is 95.8 Å². The summed E-state index contributed by atoms with van der Waals surface area (Å²) in [5.74, 6) is -1.46. The molecule has 0 unspecified atom stereocenters. The zero-order valence-corrected chi connectivity index (χ0v) is 9.13. The van der Waals surface area contributed by atoms with Crippen molar-refractivity contribution in [2.24, 2.45) is 0 Å². The average molecular weight is 238 g/mol. The SMILES string of the molecule is CC(=O)c1c(C(=O)O)[nH]c2ccc(Cl)cc12. The van der Waals surface area contributed by atoms with Crippen LogP contribution in [0.25, 0.3) is 10.9 Å². The molecule has 0 fully saturated rings. The monoisotopic (exact) mass is 237 g/mol. The standard InChI is InChI=1S/C11H8ClNO3/c1-5(14)9-7-4-6(12)2-3-8(7)13-10(9)11(15)16/h2-4,13H,1H3,(H,15,16). The molecular formula is C11H8ClNO3. The van der Waals surface area contributed by atoms with Crippen molar-refractivity contribution in [2.45, 2.75) is 6.92 Å². The third-order valence-corrected chi connectivity index (χ3v) is 2.56. The predicted molar refractivity (Wildman–Crippen MR) is 60.3 cm³/mol. The van der Waals surface area contributed by atoms with E-state index in [0.717, 1.165) is 0 Å². The molecule has 0 aliphatic rings. The molecule has 82 valence electrons. The minimum absolute atomic E-state index is 0.0928. The Morgan fingerprint density at radius 2 is 2.06 bits per heavy atom. The average Bonchev–Trinajstić information content (AvgIpc) is 2.55. The Morgan fingerprint density at radius 3 is 2.62 bits per heavy atom. The van der Waals surface area contributed by atoms with E-state index < -0.39 is 5.97 Å². The smallest absolute Gasteiger partial charge is 0.353 e. The second-order valence-corrected chi connectivity index (χ2v) is 3.86. The van der Waals surface area contributed by atoms with Crippen LogP contribution in [-0.2, 0) is 0 Å². The van der Waals surface area contributed by atoms with E-state index in [1.807, 2.05) is 0 Å². The molecule has 5 heteroatoms. The lowest BCUT2D eigenvalue weighted by Crippen LogP contribution is -2.04. The summed E-state index contributed by atoms with van der Waals surface area (Å²) in [4.78, 5) is 25.1. The highest BCUT2D eigenvalue weighted by atomic mass is 35.5. The maximum Gasteiger partial charge on any atom is 0.353 e. The third kappa shape index (κ3) is 1.57. The molecule has 1 heterocycles. The number of carbonyl (C=O) groups excluding carboxylic acids is 1. The van der Waals surface area contributed by atoms with Crippen molar-refractivity contribution in [1.82, 2.24) is 4.98 Å². The number of fused-ring (bicyclic) bond motifs is 1. The number of hydrogen-bond donors (Lipinski definition) is 2. The Morgan fingerprint density at radius 1 is 1.38 bits per heavy atom. The lowest BCUT2D eigenvalue weighted by molar-refractivity contribution is 0.0687. The molecule has 1 aromatic heterocycles. The van der Waals surface area contributed by atoms with Crippen molar-refractivity contribution in [3.63, 3.8) is 0 Å². The molecule has 0 atom stereocenters. The lowest BCUT2D eigenvalue weighted by atomic mass is 10.1. The van der Waals surface area contributed by atoms with Gasteiger partial charge in [0.25, 0.3) is 0 Å². The lowest BCUT2D eigenvalue weighted by Gasteiger charge is -1.95. The third-order valence-electron chi connectivity index (χ3n) is 2.33. The van der Waals surface area contributed by atoms with Crippen LogP contribution in [0, 0.1) is 0 Å². The molecule has 0 bridgehead atoms. The normalized spacial score (nSPS) is 10.6. The molecule has 0 saturated heterocycles. The maximum atomic E-state index is 11.4. The van der Waals surface area contributed by atoms with E-state index in [1.165, 1.54) is 6.92 Å². The van der Waals surface area contributed by atoms with Gasteiger partial charge in [-0.1, -0.05) is 11.6 Å². The van der Waals surface area contributed by atoms with Crippen LogP contribution in [0.5, 0.6) is 0 Å². The first kappa shape index (κ1) is 10.7. The van der Waals surface area contributed by atoms with Gasteiger partial charge in [-0.3, -0.25) is 4.79 Å². The number of ketones is 1. The number of halogens is 1. The fourth-order valence-corrected chi connectivity index (χ4v) is 1.86. The molecule has 2 N–H and O–H groups in total. The fraction of sp³-hybridized carbons (Fsp3) is 0.0909. The first-order valence-electron chi connectivity index (χ1n) is 4.56. The van der Waals surface area contributed by atoms with E-state index in [9.17, 15) is 9.59 Å². The molecule has 2 rings (SSSR count). The van der Waals surface area contributed by atoms with Crippen molar-refractivity contribution >= 4 is 34.3 Å². The summed E-state index contributed by atoms with van der Waals surface area (Å²) in [6.45, 7) is 1.33. The summed E-state index contributed by atoms with van der Waals surface area (Å²) in [6, 6.07) is 4.86. The van der Waals surface area contributed by atoms with Gasteiger partial charge in [0, 0.05) is 15.9 Å². The Bertz CT molecular complexity index is 601. The number of carboxylic acid groups (broad SMARTS) is 1. The number of carboxylic acids is 1. The molecule has 0 aliphatic heterocycles. The highest BCUT2D eigenvalue weighted by Crippen LogP contribution is 2.26. The summed E-state index contributed by atoms with van der Waals surface area (Å²) in [5, 5.41) is 9.97. The molecule has 0 saturated carbocycles. The number of Topliss-reactive ketones (excluding diaryl/α,β-unsaturated/α-hetero) is 1. The number of rotatable bonds is 2. The molecule has 4 nitrogen and oxygen atoms in total. The minimum Gasteiger partial charge on any atom is -0.477 e. The van der Waals surface area contributed by atoms with E-state index in [2.05, 4.69) is 4.98 Å². The topological polar surface area (TPSA) is 70.2 Å². The van der Waals surface area contributed by atoms with Crippen LogP contribution in [0.3, 0.4) is 0 Å². The van der Waals surface area contributed by atoms with Crippen molar-refractivity contribution in [1.29, 1.82) is 0 Å². The molecule has 2 aromatic rings. The van der Waals surface area contributed by atoms with Crippen molar-refractivity contribution < 1.29 is 14.7 Å². The van der Waals surface area contributed by atoms with Crippen molar-refractivity contribution in [3.05, 3.63) is 34.5 Å².